The van der Waals surface area contributed by atoms with Crippen molar-refractivity contribution in [1.82, 2.24) is 10.2 Å². The first-order valence-corrected chi connectivity index (χ1v) is 9.74. The first-order valence-electron chi connectivity index (χ1n) is 9.74. The predicted molar refractivity (Wildman–Crippen MR) is 98.1 cm³/mol. The summed E-state index contributed by atoms with van der Waals surface area (Å²) >= 11 is 0. The third-order valence-corrected chi connectivity index (χ3v) is 6.19. The zero-order valence-electron chi connectivity index (χ0n) is 14.9. The fourth-order valence-electron chi connectivity index (χ4n) is 4.42. The minimum atomic E-state index is -0.129. The van der Waals surface area contributed by atoms with E-state index in [-0.39, 0.29) is 17.9 Å². The van der Waals surface area contributed by atoms with E-state index in [9.17, 15) is 9.59 Å². The molecule has 0 spiro atoms. The lowest BCUT2D eigenvalue weighted by atomic mass is 9.84. The summed E-state index contributed by atoms with van der Waals surface area (Å²) in [4.78, 5) is 27.1. The maximum atomic E-state index is 12.6. The van der Waals surface area contributed by atoms with Crippen molar-refractivity contribution in [2.24, 2.45) is 11.8 Å². The number of hydrogen-bond acceptors (Lipinski definition) is 4. The van der Waals surface area contributed by atoms with Crippen LogP contribution in [0.3, 0.4) is 0 Å². The van der Waals surface area contributed by atoms with Gasteiger partial charge in [0.15, 0.2) is 5.76 Å². The summed E-state index contributed by atoms with van der Waals surface area (Å²) < 4.78 is 5.81. The third-order valence-electron chi connectivity index (χ3n) is 6.19. The van der Waals surface area contributed by atoms with Gasteiger partial charge in [-0.25, -0.2) is 0 Å². The van der Waals surface area contributed by atoms with Gasteiger partial charge in [-0.05, 0) is 62.4 Å². The number of amides is 1. The van der Waals surface area contributed by atoms with Crippen molar-refractivity contribution in [3.05, 3.63) is 35.6 Å². The van der Waals surface area contributed by atoms with Crippen LogP contribution in [0.1, 0.15) is 41.8 Å². The third kappa shape index (κ3) is 3.05. The van der Waals surface area contributed by atoms with E-state index in [2.05, 4.69) is 10.2 Å². The van der Waals surface area contributed by atoms with Gasteiger partial charge in [0.05, 0.1) is 0 Å². The Kier molecular flexibility index (Phi) is 3.85. The van der Waals surface area contributed by atoms with E-state index in [1.165, 1.54) is 12.8 Å². The highest BCUT2D eigenvalue weighted by Gasteiger charge is 2.35. The quantitative estimate of drug-likeness (QED) is 0.899. The topological polar surface area (TPSA) is 62.6 Å². The van der Waals surface area contributed by atoms with E-state index in [1.54, 1.807) is 6.07 Å². The molecule has 1 aromatic heterocycles. The highest BCUT2D eigenvalue weighted by molar-refractivity contribution is 5.96. The van der Waals surface area contributed by atoms with E-state index in [4.69, 9.17) is 4.42 Å². The Morgan fingerprint density at radius 3 is 2.62 bits per heavy atom. The molecule has 4 fully saturated rings. The van der Waals surface area contributed by atoms with Gasteiger partial charge in [0.2, 0.25) is 0 Å². The molecule has 1 aliphatic carbocycles. The van der Waals surface area contributed by atoms with Gasteiger partial charge in [0.25, 0.3) is 5.91 Å². The second-order valence-electron chi connectivity index (χ2n) is 8.12. The molecule has 3 saturated heterocycles. The average Bonchev–Trinajstić information content (AvgIpc) is 3.42. The highest BCUT2D eigenvalue weighted by atomic mass is 16.3. The number of carbonyl (C=O) groups is 2. The predicted octanol–water partition coefficient (Wildman–Crippen LogP) is 2.78. The number of ketones is 1. The van der Waals surface area contributed by atoms with Crippen molar-refractivity contribution in [2.75, 3.05) is 19.6 Å². The molecule has 1 unspecified atom stereocenters. The van der Waals surface area contributed by atoms with Gasteiger partial charge in [-0.15, -0.1) is 0 Å². The van der Waals surface area contributed by atoms with Gasteiger partial charge in [-0.3, -0.25) is 9.59 Å². The molecule has 1 N–H and O–H groups in total. The molecule has 26 heavy (non-hydrogen) atoms. The molecule has 5 nitrogen and oxygen atoms in total. The molecule has 1 saturated carbocycles. The molecule has 2 bridgehead atoms. The number of Topliss-reactive ketones (excluding diaryl/α,β-unsaturated/α-hetero) is 1. The minimum absolute atomic E-state index is 0.129. The van der Waals surface area contributed by atoms with Gasteiger partial charge >= 0.3 is 0 Å². The van der Waals surface area contributed by atoms with Crippen molar-refractivity contribution in [3.63, 3.8) is 0 Å². The van der Waals surface area contributed by atoms with Gasteiger partial charge in [0.1, 0.15) is 11.4 Å². The van der Waals surface area contributed by atoms with Crippen LogP contribution in [0.15, 0.2) is 28.7 Å². The number of nitrogens with zero attached hydrogens (tertiary/aromatic N) is 1. The second-order valence-corrected chi connectivity index (χ2v) is 8.12. The van der Waals surface area contributed by atoms with Gasteiger partial charge in [-0.1, -0.05) is 12.1 Å². The van der Waals surface area contributed by atoms with Crippen molar-refractivity contribution < 1.29 is 14.0 Å². The Hall–Kier alpha value is -2.14. The number of nitrogens with one attached hydrogen (secondary N) is 1. The summed E-state index contributed by atoms with van der Waals surface area (Å²) in [5.74, 6) is 1.41. The SMILES string of the molecule is O=C(NC1CN2CCC1CC2)c1cc2ccc(CC(=O)C3CC3)cc2o1. The largest absolute Gasteiger partial charge is 0.451 e. The molecule has 0 radical (unpaired) electrons. The Labute approximate surface area is 152 Å². The Bertz CT molecular complexity index is 859. The number of rotatable bonds is 5. The molecule has 5 heteroatoms. The molecule has 136 valence electrons. The first-order chi connectivity index (χ1) is 12.7. The van der Waals surface area contributed by atoms with Crippen LogP contribution in [0.4, 0.5) is 0 Å². The summed E-state index contributed by atoms with van der Waals surface area (Å²) in [7, 11) is 0. The molecule has 3 aliphatic heterocycles. The number of benzene rings is 1. The zero-order valence-corrected chi connectivity index (χ0v) is 14.9. The molecular weight excluding hydrogens is 328 g/mol. The fourth-order valence-corrected chi connectivity index (χ4v) is 4.42. The number of fused-ring (bicyclic) bond motifs is 4. The van der Waals surface area contributed by atoms with Crippen LogP contribution < -0.4 is 5.32 Å². The van der Waals surface area contributed by atoms with Crippen molar-refractivity contribution in [3.8, 4) is 0 Å². The first kappa shape index (κ1) is 16.1. The molecule has 1 amide bonds. The maximum absolute atomic E-state index is 12.6. The molecule has 6 rings (SSSR count). The number of piperidine rings is 3. The van der Waals surface area contributed by atoms with Gasteiger partial charge in [-0.2, -0.15) is 0 Å². The number of furan rings is 1. The van der Waals surface area contributed by atoms with E-state index < -0.39 is 0 Å². The molecule has 1 atom stereocenters. The van der Waals surface area contributed by atoms with Crippen molar-refractivity contribution in [1.29, 1.82) is 0 Å². The van der Waals surface area contributed by atoms with Gasteiger partial charge in [0, 0.05) is 30.3 Å². The highest BCUT2D eigenvalue weighted by Crippen LogP contribution is 2.32. The summed E-state index contributed by atoms with van der Waals surface area (Å²) in [6.45, 7) is 3.26. The van der Waals surface area contributed by atoms with Crippen LogP contribution in [-0.2, 0) is 11.2 Å². The molecular formula is C21H24N2O3. The van der Waals surface area contributed by atoms with Crippen molar-refractivity contribution in [2.45, 2.75) is 38.1 Å². The van der Waals surface area contributed by atoms with E-state index >= 15 is 0 Å². The summed E-state index contributed by atoms with van der Waals surface area (Å²) in [5, 5.41) is 4.08. The van der Waals surface area contributed by atoms with Gasteiger partial charge < -0.3 is 14.6 Å². The van der Waals surface area contributed by atoms with Crippen LogP contribution in [-0.4, -0.2) is 42.3 Å². The average molecular weight is 352 g/mol. The normalized spacial score (nSPS) is 27.6. The van der Waals surface area contributed by atoms with Crippen LogP contribution in [0, 0.1) is 11.8 Å². The summed E-state index contributed by atoms with van der Waals surface area (Å²) in [6.07, 6.45) is 4.87. The van der Waals surface area contributed by atoms with E-state index in [0.717, 1.165) is 43.4 Å². The monoisotopic (exact) mass is 352 g/mol. The Morgan fingerprint density at radius 1 is 1.12 bits per heavy atom. The molecule has 4 heterocycles. The van der Waals surface area contributed by atoms with Crippen molar-refractivity contribution >= 4 is 22.7 Å². The zero-order chi connectivity index (χ0) is 17.7. The second kappa shape index (κ2) is 6.23. The maximum Gasteiger partial charge on any atom is 0.287 e. The Morgan fingerprint density at radius 2 is 1.92 bits per heavy atom. The lowest BCUT2D eigenvalue weighted by molar-refractivity contribution is -0.119. The van der Waals surface area contributed by atoms with Crippen LogP contribution in [0.2, 0.25) is 0 Å². The molecule has 4 aliphatic rings. The number of hydrogen-bond donors (Lipinski definition) is 1. The van der Waals surface area contributed by atoms with E-state index in [0.29, 0.717) is 29.5 Å². The number of carbonyl (C=O) groups excluding carboxylic acids is 2. The summed E-state index contributed by atoms with van der Waals surface area (Å²) in [5.41, 5.74) is 1.65. The standard InChI is InChI=1S/C21H24N2O3/c24-18(15-3-4-15)9-13-1-2-16-11-20(26-19(16)10-13)21(25)22-17-12-23-7-5-14(17)6-8-23/h1-2,10-11,14-15,17H,3-9,12H2,(H,22,25). The lowest BCUT2D eigenvalue weighted by Crippen LogP contribution is -2.57. The molecule has 1 aromatic carbocycles. The van der Waals surface area contributed by atoms with Crippen LogP contribution in [0.25, 0.3) is 11.0 Å². The summed E-state index contributed by atoms with van der Waals surface area (Å²) in [6, 6.07) is 7.84. The minimum Gasteiger partial charge on any atom is -0.451 e. The van der Waals surface area contributed by atoms with Crippen LogP contribution in [0.5, 0.6) is 0 Å². The Balaban J connectivity index is 1.30. The lowest BCUT2D eigenvalue weighted by Gasteiger charge is -2.44. The fraction of sp³-hybridized carbons (Fsp3) is 0.524. The van der Waals surface area contributed by atoms with E-state index in [1.807, 2.05) is 18.2 Å². The van der Waals surface area contributed by atoms with Crippen LogP contribution >= 0.6 is 0 Å². The molecule has 2 aromatic rings. The smallest absolute Gasteiger partial charge is 0.287 e.